The molecule has 1 saturated carbocycles. The van der Waals surface area contributed by atoms with Crippen molar-refractivity contribution < 1.29 is 14.6 Å². The summed E-state index contributed by atoms with van der Waals surface area (Å²) in [6, 6.07) is 0. The molecule has 1 heterocycles. The number of aliphatic hydroxyl groups is 1. The van der Waals surface area contributed by atoms with Gasteiger partial charge in [-0.25, -0.2) is 0 Å². The van der Waals surface area contributed by atoms with Crippen LogP contribution < -0.4 is 0 Å². The Morgan fingerprint density at radius 2 is 2.31 bits per heavy atom. The normalized spacial score (nSPS) is 44.8. The highest BCUT2D eigenvalue weighted by Crippen LogP contribution is 2.37. The molecule has 1 N–H and O–H groups in total. The second kappa shape index (κ2) is 3.95. The maximum absolute atomic E-state index is 9.73. The van der Waals surface area contributed by atoms with Gasteiger partial charge in [0.05, 0.1) is 12.2 Å². The lowest BCUT2D eigenvalue weighted by Crippen LogP contribution is -2.32. The van der Waals surface area contributed by atoms with E-state index in [2.05, 4.69) is 0 Å². The first-order chi connectivity index (χ1) is 6.31. The summed E-state index contributed by atoms with van der Waals surface area (Å²) in [5.41, 5.74) is 0. The van der Waals surface area contributed by atoms with Crippen molar-refractivity contribution in [3.8, 4) is 0 Å². The first-order valence-corrected chi connectivity index (χ1v) is 5.26. The van der Waals surface area contributed by atoms with Gasteiger partial charge in [0.1, 0.15) is 0 Å². The van der Waals surface area contributed by atoms with Gasteiger partial charge in [0.25, 0.3) is 0 Å². The van der Waals surface area contributed by atoms with Crippen LogP contribution in [0, 0.1) is 5.92 Å². The van der Waals surface area contributed by atoms with E-state index in [1.165, 1.54) is 0 Å². The molecule has 2 rings (SSSR count). The molecule has 0 radical (unpaired) electrons. The van der Waals surface area contributed by atoms with Gasteiger partial charge in [-0.1, -0.05) is 0 Å². The minimum atomic E-state index is -0.163. The van der Waals surface area contributed by atoms with E-state index >= 15 is 0 Å². The number of ether oxygens (including phenoxy) is 2. The van der Waals surface area contributed by atoms with Gasteiger partial charge in [0, 0.05) is 18.9 Å². The Morgan fingerprint density at radius 1 is 1.46 bits per heavy atom. The Labute approximate surface area is 79.0 Å². The lowest BCUT2D eigenvalue weighted by atomic mass is 9.84. The van der Waals surface area contributed by atoms with Crippen LogP contribution >= 0.6 is 0 Å². The molecule has 13 heavy (non-hydrogen) atoms. The fraction of sp³-hybridized carbons (Fsp3) is 1.00. The maximum atomic E-state index is 9.73. The Bertz CT molecular complexity index is 172. The molecule has 2 aliphatic rings. The minimum absolute atomic E-state index is 0.0623. The first-order valence-electron chi connectivity index (χ1n) is 5.26. The molecule has 0 spiro atoms. The van der Waals surface area contributed by atoms with Gasteiger partial charge in [0.15, 0.2) is 6.29 Å². The van der Waals surface area contributed by atoms with E-state index < -0.39 is 0 Å². The molecule has 1 saturated heterocycles. The summed E-state index contributed by atoms with van der Waals surface area (Å²) >= 11 is 0. The molecule has 3 heteroatoms. The molecule has 0 bridgehead atoms. The average molecular weight is 186 g/mol. The molecule has 3 nitrogen and oxygen atoms in total. The smallest absolute Gasteiger partial charge is 0.158 e. The predicted octanol–water partition coefficient (Wildman–Crippen LogP) is 1.30. The topological polar surface area (TPSA) is 38.7 Å². The first kappa shape index (κ1) is 9.44. The highest BCUT2D eigenvalue weighted by molar-refractivity contribution is 4.87. The van der Waals surface area contributed by atoms with Crippen LogP contribution in [-0.2, 0) is 9.47 Å². The van der Waals surface area contributed by atoms with Gasteiger partial charge >= 0.3 is 0 Å². The fourth-order valence-corrected chi connectivity index (χ4v) is 2.45. The second-order valence-corrected chi connectivity index (χ2v) is 3.96. The molecular weight excluding hydrogens is 168 g/mol. The van der Waals surface area contributed by atoms with E-state index in [1.807, 2.05) is 6.92 Å². The number of fused-ring (bicyclic) bond motifs is 1. The van der Waals surface area contributed by atoms with Gasteiger partial charge in [-0.3, -0.25) is 0 Å². The third kappa shape index (κ3) is 1.87. The maximum Gasteiger partial charge on any atom is 0.158 e. The molecule has 1 aliphatic heterocycles. The minimum Gasteiger partial charge on any atom is -0.393 e. The summed E-state index contributed by atoms with van der Waals surface area (Å²) in [4.78, 5) is 0. The van der Waals surface area contributed by atoms with Gasteiger partial charge in [-0.15, -0.1) is 0 Å². The van der Waals surface area contributed by atoms with E-state index in [-0.39, 0.29) is 18.5 Å². The summed E-state index contributed by atoms with van der Waals surface area (Å²) in [6.07, 6.45) is 4.01. The molecule has 1 unspecified atom stereocenters. The zero-order valence-corrected chi connectivity index (χ0v) is 8.11. The summed E-state index contributed by atoms with van der Waals surface area (Å²) in [6.45, 7) is 2.67. The van der Waals surface area contributed by atoms with Crippen molar-refractivity contribution in [1.29, 1.82) is 0 Å². The summed E-state index contributed by atoms with van der Waals surface area (Å²) in [5.74, 6) is 0.324. The fourth-order valence-electron chi connectivity index (χ4n) is 2.45. The average Bonchev–Trinajstić information content (AvgIpc) is 2.49. The van der Waals surface area contributed by atoms with Crippen molar-refractivity contribution in [3.63, 3.8) is 0 Å². The second-order valence-electron chi connectivity index (χ2n) is 3.96. The largest absolute Gasteiger partial charge is 0.393 e. The van der Waals surface area contributed by atoms with E-state index in [0.717, 1.165) is 25.7 Å². The number of hydrogen-bond donors (Lipinski definition) is 1. The van der Waals surface area contributed by atoms with Crippen LogP contribution in [0.1, 0.15) is 32.6 Å². The van der Waals surface area contributed by atoms with Crippen LogP contribution in [0.5, 0.6) is 0 Å². The lowest BCUT2D eigenvalue weighted by Gasteiger charge is -2.28. The summed E-state index contributed by atoms with van der Waals surface area (Å²) in [7, 11) is 0. The molecule has 0 aromatic heterocycles. The Morgan fingerprint density at radius 3 is 3.00 bits per heavy atom. The third-order valence-electron chi connectivity index (χ3n) is 3.10. The van der Waals surface area contributed by atoms with E-state index in [0.29, 0.717) is 12.5 Å². The van der Waals surface area contributed by atoms with Crippen LogP contribution in [0.3, 0.4) is 0 Å². The predicted molar refractivity (Wildman–Crippen MR) is 48.3 cm³/mol. The summed E-state index contributed by atoms with van der Waals surface area (Å²) < 4.78 is 11.1. The van der Waals surface area contributed by atoms with E-state index in [4.69, 9.17) is 9.47 Å². The third-order valence-corrected chi connectivity index (χ3v) is 3.10. The van der Waals surface area contributed by atoms with E-state index in [1.54, 1.807) is 0 Å². The Kier molecular flexibility index (Phi) is 2.86. The molecule has 2 fully saturated rings. The van der Waals surface area contributed by atoms with Crippen LogP contribution in [0.2, 0.25) is 0 Å². The van der Waals surface area contributed by atoms with Crippen molar-refractivity contribution in [2.75, 3.05) is 6.61 Å². The van der Waals surface area contributed by atoms with E-state index in [9.17, 15) is 5.11 Å². The van der Waals surface area contributed by atoms with Crippen LogP contribution in [-0.4, -0.2) is 30.2 Å². The van der Waals surface area contributed by atoms with Gasteiger partial charge in [0.2, 0.25) is 0 Å². The monoisotopic (exact) mass is 186 g/mol. The quantitative estimate of drug-likeness (QED) is 0.706. The van der Waals surface area contributed by atoms with Crippen molar-refractivity contribution in [1.82, 2.24) is 0 Å². The van der Waals surface area contributed by atoms with Crippen LogP contribution in [0.4, 0.5) is 0 Å². The molecule has 1 aliphatic carbocycles. The highest BCUT2D eigenvalue weighted by atomic mass is 16.7. The summed E-state index contributed by atoms with van der Waals surface area (Å²) in [5, 5.41) is 9.73. The van der Waals surface area contributed by atoms with Gasteiger partial charge < -0.3 is 14.6 Å². The zero-order chi connectivity index (χ0) is 9.26. The zero-order valence-electron chi connectivity index (χ0n) is 8.11. The van der Waals surface area contributed by atoms with Crippen molar-refractivity contribution >= 4 is 0 Å². The standard InChI is InChI=1S/C10H18O3/c1-2-12-10-6-7-8(11)4-3-5-9(7)13-10/h7-11H,2-6H2,1H3/t7-,8-,9+,10?/m1/s1. The molecule has 0 amide bonds. The molecule has 4 atom stereocenters. The van der Waals surface area contributed by atoms with Gasteiger partial charge in [-0.2, -0.15) is 0 Å². The lowest BCUT2D eigenvalue weighted by molar-refractivity contribution is -0.136. The van der Waals surface area contributed by atoms with Crippen molar-refractivity contribution in [3.05, 3.63) is 0 Å². The van der Waals surface area contributed by atoms with Gasteiger partial charge in [-0.05, 0) is 26.2 Å². The number of aliphatic hydroxyl groups excluding tert-OH is 1. The van der Waals surface area contributed by atoms with Crippen molar-refractivity contribution in [2.24, 2.45) is 5.92 Å². The van der Waals surface area contributed by atoms with Crippen molar-refractivity contribution in [2.45, 2.75) is 51.1 Å². The highest BCUT2D eigenvalue weighted by Gasteiger charge is 2.41. The molecule has 0 aromatic carbocycles. The number of hydrogen-bond acceptors (Lipinski definition) is 3. The molecule has 76 valence electrons. The SMILES string of the molecule is CCOC1C[C@@H]2[C@H](O)CCC[C@@H]2O1. The number of rotatable bonds is 2. The van der Waals surface area contributed by atoms with Crippen LogP contribution in [0.25, 0.3) is 0 Å². The molecule has 0 aromatic rings. The van der Waals surface area contributed by atoms with Crippen LogP contribution in [0.15, 0.2) is 0 Å². The Balaban J connectivity index is 1.92. The Hall–Kier alpha value is -0.120. The molecular formula is C10H18O3.